The van der Waals surface area contributed by atoms with Crippen LogP contribution in [0.1, 0.15) is 6.92 Å². The molecular formula is C17H20N4O3S. The van der Waals surface area contributed by atoms with Crippen molar-refractivity contribution in [3.63, 3.8) is 0 Å². The van der Waals surface area contributed by atoms with Gasteiger partial charge < -0.3 is 10.1 Å². The summed E-state index contributed by atoms with van der Waals surface area (Å²) in [7, 11) is 0. The monoisotopic (exact) mass is 360 g/mol. The van der Waals surface area contributed by atoms with Gasteiger partial charge in [-0.25, -0.2) is 0 Å². The predicted molar refractivity (Wildman–Crippen MR) is 96.0 cm³/mol. The van der Waals surface area contributed by atoms with Gasteiger partial charge >= 0.3 is 5.97 Å². The van der Waals surface area contributed by atoms with Crippen LogP contribution in [0.3, 0.4) is 0 Å². The lowest BCUT2D eigenvalue weighted by Gasteiger charge is -2.08. The van der Waals surface area contributed by atoms with E-state index in [0.29, 0.717) is 11.7 Å². The van der Waals surface area contributed by atoms with Gasteiger partial charge in [0.25, 0.3) is 0 Å². The van der Waals surface area contributed by atoms with Gasteiger partial charge in [-0.05, 0) is 6.92 Å². The topological polar surface area (TPSA) is 86.1 Å². The molecule has 0 spiro atoms. The molecule has 25 heavy (non-hydrogen) atoms. The highest BCUT2D eigenvalue weighted by Crippen LogP contribution is 2.23. The fourth-order valence-corrected chi connectivity index (χ4v) is 2.83. The molecule has 0 aliphatic heterocycles. The lowest BCUT2D eigenvalue weighted by atomic mass is 10.2. The first-order valence-corrected chi connectivity index (χ1v) is 8.79. The molecule has 0 unspecified atom stereocenters. The molecule has 2 aromatic rings. The molecule has 2 rings (SSSR count). The van der Waals surface area contributed by atoms with Crippen LogP contribution in [0.2, 0.25) is 0 Å². The summed E-state index contributed by atoms with van der Waals surface area (Å²) >= 11 is 1.25. The summed E-state index contributed by atoms with van der Waals surface area (Å²) in [6, 6.07) is 9.69. The Hall–Kier alpha value is -2.61. The minimum Gasteiger partial charge on any atom is -0.465 e. The van der Waals surface area contributed by atoms with Crippen molar-refractivity contribution in [1.29, 1.82) is 0 Å². The van der Waals surface area contributed by atoms with Crippen LogP contribution in [0.4, 0.5) is 0 Å². The molecule has 1 amide bonds. The van der Waals surface area contributed by atoms with E-state index in [1.165, 1.54) is 11.8 Å². The van der Waals surface area contributed by atoms with Gasteiger partial charge in [0, 0.05) is 12.1 Å². The third kappa shape index (κ3) is 5.46. The summed E-state index contributed by atoms with van der Waals surface area (Å²) in [6.45, 7) is 6.15. The number of nitrogens with one attached hydrogen (secondary N) is 1. The number of allylic oxidation sites excluding steroid dienone is 1. The molecule has 0 saturated carbocycles. The van der Waals surface area contributed by atoms with E-state index in [1.807, 2.05) is 34.9 Å². The fraction of sp³-hybridized carbons (Fsp3) is 0.294. The number of nitrogens with zero attached hydrogens (tertiary/aromatic N) is 3. The molecule has 0 fully saturated rings. The number of carbonyl (C=O) groups excluding carboxylic acids is 2. The van der Waals surface area contributed by atoms with Crippen molar-refractivity contribution in [2.75, 3.05) is 18.9 Å². The fourth-order valence-electron chi connectivity index (χ4n) is 2.05. The second kappa shape index (κ2) is 9.63. The first-order valence-electron chi connectivity index (χ1n) is 7.80. The predicted octanol–water partition coefficient (Wildman–Crippen LogP) is 1.90. The Morgan fingerprint density at radius 1 is 1.32 bits per heavy atom. The van der Waals surface area contributed by atoms with Gasteiger partial charge in [0.15, 0.2) is 11.0 Å². The number of carbonyl (C=O) groups is 2. The van der Waals surface area contributed by atoms with Gasteiger partial charge in [-0.15, -0.1) is 16.8 Å². The summed E-state index contributed by atoms with van der Waals surface area (Å²) in [6.07, 6.45) is 1.75. The zero-order valence-electron chi connectivity index (χ0n) is 14.0. The van der Waals surface area contributed by atoms with Crippen molar-refractivity contribution in [1.82, 2.24) is 20.1 Å². The van der Waals surface area contributed by atoms with Crippen LogP contribution in [-0.2, 0) is 20.9 Å². The SMILES string of the molecule is C=CCn1c(SCC(=O)NCC(=O)OCC)nnc1-c1ccccc1. The van der Waals surface area contributed by atoms with E-state index in [1.54, 1.807) is 13.0 Å². The molecule has 1 N–H and O–H groups in total. The number of esters is 1. The normalized spacial score (nSPS) is 10.3. The van der Waals surface area contributed by atoms with Crippen LogP contribution in [0.25, 0.3) is 11.4 Å². The second-order valence-electron chi connectivity index (χ2n) is 4.94. The van der Waals surface area contributed by atoms with Gasteiger partial charge in [0.05, 0.1) is 12.4 Å². The Balaban J connectivity index is 2.00. The van der Waals surface area contributed by atoms with Crippen molar-refractivity contribution in [2.45, 2.75) is 18.6 Å². The molecule has 0 bridgehead atoms. The number of rotatable bonds is 9. The van der Waals surface area contributed by atoms with Crippen molar-refractivity contribution in [2.24, 2.45) is 0 Å². The first-order chi connectivity index (χ1) is 12.2. The number of ether oxygens (including phenoxy) is 1. The van der Waals surface area contributed by atoms with E-state index in [0.717, 1.165) is 11.4 Å². The number of hydrogen-bond acceptors (Lipinski definition) is 6. The Bertz CT molecular complexity index is 731. The highest BCUT2D eigenvalue weighted by Gasteiger charge is 2.15. The van der Waals surface area contributed by atoms with Gasteiger partial charge in [0.1, 0.15) is 6.54 Å². The Labute approximate surface area is 150 Å². The maximum absolute atomic E-state index is 11.9. The molecule has 8 heteroatoms. The number of amides is 1. The zero-order chi connectivity index (χ0) is 18.1. The summed E-state index contributed by atoms with van der Waals surface area (Å²) in [4.78, 5) is 23.1. The maximum Gasteiger partial charge on any atom is 0.325 e. The molecule has 1 aromatic carbocycles. The molecule has 132 valence electrons. The first kappa shape index (κ1) is 18.7. The van der Waals surface area contributed by atoms with Crippen LogP contribution in [0, 0.1) is 0 Å². The van der Waals surface area contributed by atoms with Crippen molar-refractivity contribution < 1.29 is 14.3 Å². The van der Waals surface area contributed by atoms with E-state index in [9.17, 15) is 9.59 Å². The lowest BCUT2D eigenvalue weighted by Crippen LogP contribution is -2.31. The largest absolute Gasteiger partial charge is 0.465 e. The summed E-state index contributed by atoms with van der Waals surface area (Å²) in [5, 5.41) is 11.5. The van der Waals surface area contributed by atoms with Crippen molar-refractivity contribution >= 4 is 23.6 Å². The molecule has 0 saturated heterocycles. The van der Waals surface area contributed by atoms with E-state index < -0.39 is 5.97 Å². The number of benzene rings is 1. The maximum atomic E-state index is 11.9. The van der Waals surface area contributed by atoms with Gasteiger partial charge in [-0.2, -0.15) is 0 Å². The minimum atomic E-state index is -0.456. The smallest absolute Gasteiger partial charge is 0.325 e. The third-order valence-electron chi connectivity index (χ3n) is 3.13. The highest BCUT2D eigenvalue weighted by atomic mass is 32.2. The van der Waals surface area contributed by atoms with Crippen LogP contribution in [-0.4, -0.2) is 45.5 Å². The second-order valence-corrected chi connectivity index (χ2v) is 5.88. The summed E-state index contributed by atoms with van der Waals surface area (Å²) in [5.41, 5.74) is 0.940. The lowest BCUT2D eigenvalue weighted by molar-refractivity contribution is -0.143. The molecule has 7 nitrogen and oxygen atoms in total. The van der Waals surface area contributed by atoms with Crippen molar-refractivity contribution in [3.8, 4) is 11.4 Å². The third-order valence-corrected chi connectivity index (χ3v) is 4.09. The van der Waals surface area contributed by atoms with Crippen LogP contribution in [0.5, 0.6) is 0 Å². The molecule has 0 radical (unpaired) electrons. The highest BCUT2D eigenvalue weighted by molar-refractivity contribution is 7.99. The average Bonchev–Trinajstić information content (AvgIpc) is 3.02. The molecule has 0 aliphatic rings. The van der Waals surface area contributed by atoms with Crippen LogP contribution >= 0.6 is 11.8 Å². The Kier molecular flexibility index (Phi) is 7.21. The minimum absolute atomic E-state index is 0.128. The van der Waals surface area contributed by atoms with Crippen molar-refractivity contribution in [3.05, 3.63) is 43.0 Å². The van der Waals surface area contributed by atoms with E-state index in [4.69, 9.17) is 4.74 Å². The molecule has 0 aliphatic carbocycles. The average molecular weight is 360 g/mol. The molecule has 1 aromatic heterocycles. The van der Waals surface area contributed by atoms with Crippen LogP contribution in [0.15, 0.2) is 48.1 Å². The standard InChI is InChI=1S/C17H20N4O3S/c1-3-10-21-16(13-8-6-5-7-9-13)19-20-17(21)25-12-14(22)18-11-15(23)24-4-2/h3,5-9H,1,4,10-12H2,2H3,(H,18,22). The number of hydrogen-bond donors (Lipinski definition) is 1. The Morgan fingerprint density at radius 2 is 2.08 bits per heavy atom. The number of aromatic nitrogens is 3. The van der Waals surface area contributed by atoms with Gasteiger partial charge in [0.2, 0.25) is 5.91 Å². The van der Waals surface area contributed by atoms with E-state index >= 15 is 0 Å². The molecular weight excluding hydrogens is 340 g/mol. The van der Waals surface area contributed by atoms with Crippen LogP contribution < -0.4 is 5.32 Å². The Morgan fingerprint density at radius 3 is 2.76 bits per heavy atom. The van der Waals surface area contributed by atoms with Gasteiger partial charge in [-0.3, -0.25) is 14.2 Å². The van der Waals surface area contributed by atoms with E-state index in [-0.39, 0.29) is 24.8 Å². The molecule has 0 atom stereocenters. The quantitative estimate of drug-likeness (QED) is 0.418. The zero-order valence-corrected chi connectivity index (χ0v) is 14.8. The number of thioether (sulfide) groups is 1. The summed E-state index contributed by atoms with van der Waals surface area (Å²) in [5.74, 6) is 0.119. The molecule has 1 heterocycles. The summed E-state index contributed by atoms with van der Waals surface area (Å²) < 4.78 is 6.65. The van der Waals surface area contributed by atoms with E-state index in [2.05, 4.69) is 22.1 Å². The van der Waals surface area contributed by atoms with Gasteiger partial charge in [-0.1, -0.05) is 48.2 Å².